The maximum Gasteiger partial charge on any atom is 0.490 e. The highest BCUT2D eigenvalue weighted by Gasteiger charge is 2.38. The van der Waals surface area contributed by atoms with Crippen molar-refractivity contribution in [3.05, 3.63) is 75.8 Å². The van der Waals surface area contributed by atoms with Crippen molar-refractivity contribution in [3.8, 4) is 39.6 Å². The van der Waals surface area contributed by atoms with Crippen LogP contribution in [-0.4, -0.2) is 52.4 Å². The molecule has 0 radical (unpaired) electrons. The normalized spacial score (nSPS) is 11.3. The van der Waals surface area contributed by atoms with Crippen LogP contribution in [0.2, 0.25) is 5.02 Å². The number of nitriles is 2. The van der Waals surface area contributed by atoms with Crippen molar-refractivity contribution in [2.24, 2.45) is 5.73 Å². The minimum atomic E-state index is -5.08. The fourth-order valence-electron chi connectivity index (χ4n) is 3.58. The molecule has 1 atom stereocenters. The smallest absolute Gasteiger partial charge is 0.490 e. The van der Waals surface area contributed by atoms with Gasteiger partial charge in [-0.15, -0.1) is 11.3 Å². The highest BCUT2D eigenvalue weighted by molar-refractivity contribution is 7.98. The molecule has 0 saturated carbocycles. The second-order valence-electron chi connectivity index (χ2n) is 9.22. The van der Waals surface area contributed by atoms with Crippen LogP contribution in [0.4, 0.5) is 19.0 Å². The molecule has 0 unspecified atom stereocenters. The summed E-state index contributed by atoms with van der Waals surface area (Å²) >= 11 is 8.82. The summed E-state index contributed by atoms with van der Waals surface area (Å²) in [5.41, 5.74) is 14.8. The average Bonchev–Trinajstić information content (AvgIpc) is 3.51. The zero-order valence-electron chi connectivity index (χ0n) is 24.2. The molecule has 0 amide bonds. The number of esters is 1. The lowest BCUT2D eigenvalue weighted by atomic mass is 9.97. The Hall–Kier alpha value is -4.87. The predicted molar refractivity (Wildman–Crippen MR) is 169 cm³/mol. The van der Waals surface area contributed by atoms with Crippen LogP contribution < -0.4 is 16.2 Å². The molecule has 5 N–H and O–H groups in total. The number of carbonyl (C=O) groups excluding carboxylic acids is 1. The maximum atomic E-state index is 11.4. The molecular formula is C30H24ClF3N6O5S2. The molecule has 244 valence electrons. The van der Waals surface area contributed by atoms with Gasteiger partial charge in [-0.05, 0) is 36.8 Å². The Bertz CT molecular complexity index is 1810. The number of thiazole rings is 1. The van der Waals surface area contributed by atoms with Crippen LogP contribution >= 0.6 is 34.7 Å². The minimum Gasteiger partial charge on any atom is -0.490 e. The van der Waals surface area contributed by atoms with Gasteiger partial charge < -0.3 is 26.0 Å². The number of carboxylic acids is 1. The van der Waals surface area contributed by atoms with Crippen LogP contribution in [0.1, 0.15) is 23.7 Å². The van der Waals surface area contributed by atoms with Gasteiger partial charge in [0.2, 0.25) is 0 Å². The highest BCUT2D eigenvalue weighted by Crippen LogP contribution is 2.37. The van der Waals surface area contributed by atoms with E-state index in [0.717, 1.165) is 16.3 Å². The summed E-state index contributed by atoms with van der Waals surface area (Å²) in [5.74, 6) is -2.25. The molecular weight excluding hydrogens is 681 g/mol. The lowest BCUT2D eigenvalue weighted by Gasteiger charge is -2.13. The summed E-state index contributed by atoms with van der Waals surface area (Å²) in [4.78, 5) is 29.4. The second kappa shape index (κ2) is 16.6. The number of carbonyl (C=O) groups is 2. The first kappa shape index (κ1) is 36.6. The zero-order valence-corrected chi connectivity index (χ0v) is 26.6. The lowest BCUT2D eigenvalue weighted by molar-refractivity contribution is -0.192. The van der Waals surface area contributed by atoms with E-state index in [2.05, 4.69) is 22.1 Å². The van der Waals surface area contributed by atoms with Crippen LogP contribution in [0.3, 0.4) is 0 Å². The van der Waals surface area contributed by atoms with Crippen LogP contribution in [0, 0.1) is 22.7 Å². The number of anilines is 1. The van der Waals surface area contributed by atoms with Crippen molar-refractivity contribution < 1.29 is 37.3 Å². The van der Waals surface area contributed by atoms with Crippen LogP contribution in [0.5, 0.6) is 5.75 Å². The number of ether oxygens (including phenoxy) is 2. The number of alkyl halides is 3. The fraction of sp³-hybridized carbons (Fsp3) is 0.200. The topological polar surface area (TPSA) is 198 Å². The van der Waals surface area contributed by atoms with E-state index in [0.29, 0.717) is 32.7 Å². The molecule has 0 saturated heterocycles. The molecule has 4 aromatic rings. The van der Waals surface area contributed by atoms with E-state index in [9.17, 15) is 28.5 Å². The second-order valence-corrected chi connectivity index (χ2v) is 11.5. The van der Waals surface area contributed by atoms with Crippen molar-refractivity contribution in [1.82, 2.24) is 9.97 Å². The third-order valence-electron chi connectivity index (χ3n) is 5.77. The molecule has 0 spiro atoms. The molecule has 2 aromatic carbocycles. The number of rotatable bonds is 10. The van der Waals surface area contributed by atoms with Gasteiger partial charge in [0, 0.05) is 27.3 Å². The van der Waals surface area contributed by atoms with Crippen molar-refractivity contribution in [2.75, 3.05) is 18.9 Å². The Morgan fingerprint density at radius 1 is 1.04 bits per heavy atom. The Kier molecular flexibility index (Phi) is 12.9. The largest absolute Gasteiger partial charge is 0.490 e. The van der Waals surface area contributed by atoms with Gasteiger partial charge in [-0.3, -0.25) is 4.79 Å². The van der Waals surface area contributed by atoms with E-state index in [4.69, 9.17) is 42.4 Å². The van der Waals surface area contributed by atoms with E-state index in [1.165, 1.54) is 23.1 Å². The molecule has 2 aromatic heterocycles. The van der Waals surface area contributed by atoms with Crippen molar-refractivity contribution in [3.63, 3.8) is 0 Å². The first-order chi connectivity index (χ1) is 22.2. The molecule has 17 heteroatoms. The number of hydrogen-bond donors (Lipinski definition) is 3. The van der Waals surface area contributed by atoms with Gasteiger partial charge in [0.05, 0.1) is 11.3 Å². The lowest BCUT2D eigenvalue weighted by Crippen LogP contribution is -2.29. The molecule has 0 aliphatic carbocycles. The number of aromatic nitrogens is 2. The van der Waals surface area contributed by atoms with Crippen LogP contribution in [0.25, 0.3) is 21.7 Å². The van der Waals surface area contributed by atoms with Gasteiger partial charge in [-0.2, -0.15) is 23.7 Å². The number of aliphatic carboxylic acids is 1. The zero-order chi connectivity index (χ0) is 34.7. The summed E-state index contributed by atoms with van der Waals surface area (Å²) in [6.45, 7) is 1.74. The van der Waals surface area contributed by atoms with Gasteiger partial charge in [-0.1, -0.05) is 47.6 Å². The first-order valence-electron chi connectivity index (χ1n) is 13.2. The molecule has 0 bridgehead atoms. The van der Waals surface area contributed by atoms with E-state index in [1.54, 1.807) is 31.2 Å². The van der Waals surface area contributed by atoms with Crippen molar-refractivity contribution in [2.45, 2.75) is 29.9 Å². The summed E-state index contributed by atoms with van der Waals surface area (Å²) in [7, 11) is 0. The number of benzene rings is 2. The molecule has 4 rings (SSSR count). The maximum absolute atomic E-state index is 11.4. The predicted octanol–water partition coefficient (Wildman–Crippen LogP) is 6.05. The van der Waals surface area contributed by atoms with Gasteiger partial charge in [0.1, 0.15) is 58.6 Å². The van der Waals surface area contributed by atoms with Gasteiger partial charge in [0.25, 0.3) is 0 Å². The van der Waals surface area contributed by atoms with Crippen LogP contribution in [-0.2, 0) is 20.1 Å². The summed E-state index contributed by atoms with van der Waals surface area (Å²) in [5, 5.41) is 30.9. The van der Waals surface area contributed by atoms with E-state index >= 15 is 0 Å². The van der Waals surface area contributed by atoms with E-state index < -0.39 is 24.2 Å². The van der Waals surface area contributed by atoms with Crippen molar-refractivity contribution >= 4 is 52.5 Å². The number of thioether (sulfide) groups is 1. The van der Waals surface area contributed by atoms with Crippen LogP contribution in [0.15, 0.2) is 58.9 Å². The molecule has 2 heterocycles. The standard InChI is InChI=1S/C28H23ClN6O3S2.C2HF3O2/c1-16(32)28(36)38-11-10-37-21-8-4-17(5-9-21)24-22(12-30)25(33)35-27(23(24)13-31)40-15-20-14-39-26(34-20)18-2-6-19(29)7-3-18;3-2(4,5)1(6)7/h2-9,14,16H,10-11,15,32H2,1H3,(H2,33,35);(H,6,7)/t16-;/m1./s1. The van der Waals surface area contributed by atoms with Gasteiger partial charge >= 0.3 is 18.1 Å². The molecule has 11 nitrogen and oxygen atoms in total. The molecule has 0 aliphatic rings. The minimum absolute atomic E-state index is 0.0374. The van der Waals surface area contributed by atoms with Gasteiger partial charge in [0.15, 0.2) is 0 Å². The third kappa shape index (κ3) is 10.3. The summed E-state index contributed by atoms with van der Waals surface area (Å²) in [6.07, 6.45) is -5.08. The number of nitrogen functional groups attached to an aromatic ring is 1. The Labute approximate surface area is 279 Å². The molecule has 0 aliphatic heterocycles. The number of carboxylic acid groups (broad SMARTS) is 1. The SMILES string of the molecule is C[C@@H](N)C(=O)OCCOc1ccc(-c2c(C#N)c(N)nc(SCc3csc(-c4ccc(Cl)cc4)n3)c2C#N)cc1.O=C(O)C(F)(F)F. The Morgan fingerprint density at radius 3 is 2.19 bits per heavy atom. The first-order valence-corrected chi connectivity index (χ1v) is 15.4. The summed E-state index contributed by atoms with van der Waals surface area (Å²) in [6, 6.07) is 17.9. The number of nitrogens with two attached hydrogens (primary N) is 2. The third-order valence-corrected chi connectivity index (χ3v) is 7.97. The number of pyridine rings is 1. The number of halogens is 4. The quantitative estimate of drug-likeness (QED) is 0.0983. The molecule has 0 fully saturated rings. The Morgan fingerprint density at radius 2 is 1.64 bits per heavy atom. The number of hydrogen-bond acceptors (Lipinski definition) is 12. The summed E-state index contributed by atoms with van der Waals surface area (Å²) < 4.78 is 42.3. The van der Waals surface area contributed by atoms with Gasteiger partial charge in [-0.25, -0.2) is 14.8 Å². The molecule has 47 heavy (non-hydrogen) atoms. The van der Waals surface area contributed by atoms with E-state index in [-0.39, 0.29) is 30.2 Å². The van der Waals surface area contributed by atoms with E-state index in [1.807, 2.05) is 29.6 Å². The number of nitrogens with zero attached hydrogens (tertiary/aromatic N) is 4. The Balaban J connectivity index is 0.000000771. The monoisotopic (exact) mass is 704 g/mol. The fourth-order valence-corrected chi connectivity index (χ4v) is 5.53. The highest BCUT2D eigenvalue weighted by atomic mass is 35.5. The van der Waals surface area contributed by atoms with Crippen molar-refractivity contribution in [1.29, 1.82) is 10.5 Å². The average molecular weight is 705 g/mol.